The van der Waals surface area contributed by atoms with E-state index in [9.17, 15) is 18.0 Å². The number of hydrogen-bond acceptors (Lipinski definition) is 3. The summed E-state index contributed by atoms with van der Waals surface area (Å²) in [5.74, 6) is 0.377. The number of fused-ring (bicyclic) bond motifs is 2. The fraction of sp³-hybridized carbons (Fsp3) is 0.118. The van der Waals surface area contributed by atoms with Crippen LogP contribution in [-0.2, 0) is 6.18 Å². The van der Waals surface area contributed by atoms with Gasteiger partial charge >= 0.3 is 6.18 Å². The highest BCUT2D eigenvalue weighted by atomic mass is 79.9. The number of benzene rings is 1. The zero-order chi connectivity index (χ0) is 18.6. The summed E-state index contributed by atoms with van der Waals surface area (Å²) >= 11 is 3.38. The van der Waals surface area contributed by atoms with Gasteiger partial charge in [0.05, 0.1) is 22.2 Å². The number of nitrogens with zero attached hydrogens (tertiary/aromatic N) is 4. The van der Waals surface area contributed by atoms with Crippen molar-refractivity contribution in [1.82, 2.24) is 18.9 Å². The van der Waals surface area contributed by atoms with E-state index in [1.807, 2.05) is 16.7 Å². The van der Waals surface area contributed by atoms with E-state index in [1.54, 1.807) is 13.0 Å². The van der Waals surface area contributed by atoms with E-state index in [4.69, 9.17) is 0 Å². The molecular formula is C17H10BrF3N4O. The summed E-state index contributed by atoms with van der Waals surface area (Å²) in [7, 11) is 0. The number of aryl methyl sites for hydroxylation is 1. The Morgan fingerprint density at radius 3 is 2.65 bits per heavy atom. The molecule has 4 rings (SSSR count). The molecule has 3 aromatic heterocycles. The van der Waals surface area contributed by atoms with Gasteiger partial charge in [0, 0.05) is 10.7 Å². The van der Waals surface area contributed by atoms with Gasteiger partial charge in [0.15, 0.2) is 5.82 Å². The number of halogens is 4. The maximum Gasteiger partial charge on any atom is 0.416 e. The van der Waals surface area contributed by atoms with Crippen LogP contribution in [0.2, 0.25) is 0 Å². The molecule has 0 aliphatic heterocycles. The van der Waals surface area contributed by atoms with Crippen LogP contribution in [0.25, 0.3) is 22.4 Å². The van der Waals surface area contributed by atoms with Crippen molar-refractivity contribution >= 4 is 32.5 Å². The normalized spacial score (nSPS) is 12.2. The Labute approximate surface area is 152 Å². The zero-order valence-corrected chi connectivity index (χ0v) is 14.8. The number of rotatable bonds is 1. The highest BCUT2D eigenvalue weighted by Crippen LogP contribution is 2.30. The number of aromatic nitrogens is 4. The second-order valence-electron chi connectivity index (χ2n) is 5.75. The quantitative estimate of drug-likeness (QED) is 0.463. The smallest absolute Gasteiger partial charge is 0.301 e. The van der Waals surface area contributed by atoms with Crippen LogP contribution in [0.1, 0.15) is 11.3 Å². The molecule has 0 N–H and O–H groups in total. The lowest BCUT2D eigenvalue weighted by molar-refractivity contribution is -0.137. The van der Waals surface area contributed by atoms with Gasteiger partial charge in [-0.25, -0.2) is 14.5 Å². The van der Waals surface area contributed by atoms with E-state index in [0.29, 0.717) is 17.2 Å². The van der Waals surface area contributed by atoms with Gasteiger partial charge in [-0.05, 0) is 53.2 Å². The minimum Gasteiger partial charge on any atom is -0.301 e. The van der Waals surface area contributed by atoms with E-state index in [2.05, 4.69) is 25.9 Å². The lowest BCUT2D eigenvalue weighted by atomic mass is 10.1. The summed E-state index contributed by atoms with van der Waals surface area (Å²) < 4.78 is 42.4. The molecule has 9 heteroatoms. The second kappa shape index (κ2) is 5.66. The minimum atomic E-state index is -4.49. The summed E-state index contributed by atoms with van der Waals surface area (Å²) in [6.45, 7) is 1.80. The zero-order valence-electron chi connectivity index (χ0n) is 13.3. The van der Waals surface area contributed by atoms with Crippen LogP contribution in [0.5, 0.6) is 0 Å². The monoisotopic (exact) mass is 422 g/mol. The number of hydrogen-bond donors (Lipinski definition) is 0. The van der Waals surface area contributed by atoms with Gasteiger partial charge < -0.3 is 4.40 Å². The van der Waals surface area contributed by atoms with Crippen LogP contribution in [0, 0.1) is 6.92 Å². The average molecular weight is 423 g/mol. The highest BCUT2D eigenvalue weighted by Gasteiger charge is 2.30. The van der Waals surface area contributed by atoms with E-state index in [-0.39, 0.29) is 10.9 Å². The fourth-order valence-electron chi connectivity index (χ4n) is 2.80. The third-order valence-electron chi connectivity index (χ3n) is 4.11. The maximum atomic E-state index is 12.8. The molecule has 1 aromatic carbocycles. The first-order valence-electron chi connectivity index (χ1n) is 7.49. The number of alkyl halides is 3. The molecule has 0 radical (unpaired) electrons. The molecule has 4 aromatic rings. The molecule has 0 bridgehead atoms. The van der Waals surface area contributed by atoms with Gasteiger partial charge in [-0.3, -0.25) is 4.79 Å². The van der Waals surface area contributed by atoms with Gasteiger partial charge in [-0.15, -0.1) is 0 Å². The summed E-state index contributed by atoms with van der Waals surface area (Å²) in [5.41, 5.74) is 0.0134. The Bertz CT molecular complexity index is 1230. The third-order valence-corrected chi connectivity index (χ3v) is 4.58. The fourth-order valence-corrected chi connectivity index (χ4v) is 3.14. The maximum absolute atomic E-state index is 12.8. The summed E-state index contributed by atoms with van der Waals surface area (Å²) in [4.78, 5) is 21.2. The number of imidazole rings is 1. The Balaban J connectivity index is 1.94. The molecule has 26 heavy (non-hydrogen) atoms. The summed E-state index contributed by atoms with van der Waals surface area (Å²) in [6, 6.07) is 6.51. The average Bonchev–Trinajstić information content (AvgIpc) is 2.90. The molecule has 0 spiro atoms. The Hall–Kier alpha value is -2.68. The van der Waals surface area contributed by atoms with Crippen molar-refractivity contribution in [2.24, 2.45) is 0 Å². The van der Waals surface area contributed by atoms with Crippen molar-refractivity contribution in [3.8, 4) is 5.82 Å². The molecule has 132 valence electrons. The van der Waals surface area contributed by atoms with Crippen molar-refractivity contribution in [2.75, 3.05) is 0 Å². The second-order valence-corrected chi connectivity index (χ2v) is 6.66. The van der Waals surface area contributed by atoms with Gasteiger partial charge in [-0.2, -0.15) is 13.2 Å². The number of pyridine rings is 1. The molecule has 0 aliphatic carbocycles. The SMILES string of the molecule is Cc1c(-n2cnc3cc(C(F)(F)F)ccc3c2=O)nc2ccc(Br)cn12. The van der Waals surface area contributed by atoms with Gasteiger partial charge in [-0.1, -0.05) is 0 Å². The van der Waals surface area contributed by atoms with Crippen molar-refractivity contribution in [3.05, 3.63) is 68.9 Å². The van der Waals surface area contributed by atoms with Crippen LogP contribution in [-0.4, -0.2) is 18.9 Å². The lowest BCUT2D eigenvalue weighted by Gasteiger charge is -2.08. The van der Waals surface area contributed by atoms with Gasteiger partial charge in [0.1, 0.15) is 12.0 Å². The van der Waals surface area contributed by atoms with Crippen molar-refractivity contribution < 1.29 is 13.2 Å². The Morgan fingerprint density at radius 1 is 1.15 bits per heavy atom. The van der Waals surface area contributed by atoms with Crippen LogP contribution >= 0.6 is 15.9 Å². The van der Waals surface area contributed by atoms with Crippen molar-refractivity contribution in [3.63, 3.8) is 0 Å². The molecule has 3 heterocycles. The topological polar surface area (TPSA) is 52.2 Å². The summed E-state index contributed by atoms with van der Waals surface area (Å²) in [6.07, 6.45) is -1.47. The first kappa shape index (κ1) is 16.8. The molecule has 0 atom stereocenters. The van der Waals surface area contributed by atoms with Gasteiger partial charge in [0.2, 0.25) is 0 Å². The minimum absolute atomic E-state index is 0.00904. The molecule has 0 saturated carbocycles. The molecule has 5 nitrogen and oxygen atoms in total. The largest absolute Gasteiger partial charge is 0.416 e. The standard InChI is InChI=1S/C17H10BrF3N4O/c1-9-15(23-14-5-3-11(18)7-24(9)14)25-8-22-13-6-10(17(19,20)21)2-4-12(13)16(25)26/h2-8H,1H3. The highest BCUT2D eigenvalue weighted by molar-refractivity contribution is 9.10. The molecule has 0 fully saturated rings. The molecular weight excluding hydrogens is 413 g/mol. The first-order chi connectivity index (χ1) is 12.3. The lowest BCUT2D eigenvalue weighted by Crippen LogP contribution is -2.20. The molecule has 0 saturated heterocycles. The van der Waals surface area contributed by atoms with Crippen molar-refractivity contribution in [1.29, 1.82) is 0 Å². The Kier molecular flexibility index (Phi) is 3.65. The predicted molar refractivity (Wildman–Crippen MR) is 93.5 cm³/mol. The molecule has 0 aliphatic rings. The van der Waals surface area contributed by atoms with E-state index in [0.717, 1.165) is 22.7 Å². The van der Waals surface area contributed by atoms with Crippen LogP contribution < -0.4 is 5.56 Å². The van der Waals surface area contributed by atoms with E-state index >= 15 is 0 Å². The summed E-state index contributed by atoms with van der Waals surface area (Å²) in [5, 5.41) is 0.0955. The van der Waals surface area contributed by atoms with Crippen LogP contribution in [0.4, 0.5) is 13.2 Å². The first-order valence-corrected chi connectivity index (χ1v) is 8.28. The van der Waals surface area contributed by atoms with E-state index in [1.165, 1.54) is 10.9 Å². The molecule has 0 unspecified atom stereocenters. The van der Waals surface area contributed by atoms with Crippen LogP contribution in [0.15, 0.2) is 52.1 Å². The van der Waals surface area contributed by atoms with Crippen LogP contribution in [0.3, 0.4) is 0 Å². The van der Waals surface area contributed by atoms with E-state index < -0.39 is 17.3 Å². The van der Waals surface area contributed by atoms with Gasteiger partial charge in [0.25, 0.3) is 5.56 Å². The third kappa shape index (κ3) is 2.59. The predicted octanol–water partition coefficient (Wildman–Crippen LogP) is 4.12. The molecule has 0 amide bonds. The van der Waals surface area contributed by atoms with Crippen molar-refractivity contribution in [2.45, 2.75) is 13.1 Å². The Morgan fingerprint density at radius 2 is 1.92 bits per heavy atom.